The van der Waals surface area contributed by atoms with Crippen LogP contribution in [0, 0.1) is 5.92 Å². The van der Waals surface area contributed by atoms with E-state index in [-0.39, 0.29) is 0 Å². The zero-order valence-corrected chi connectivity index (χ0v) is 9.49. The Bertz CT molecular complexity index is 162. The summed E-state index contributed by atoms with van der Waals surface area (Å²) in [6, 6.07) is 0. The maximum atomic E-state index is 5.19. The van der Waals surface area contributed by atoms with Crippen LogP contribution >= 0.6 is 12.2 Å². The predicted molar refractivity (Wildman–Crippen MR) is 60.9 cm³/mol. The second-order valence-electron chi connectivity index (χ2n) is 3.77. The van der Waals surface area contributed by atoms with Gasteiger partial charge in [0.05, 0.1) is 0 Å². The second-order valence-corrected chi connectivity index (χ2v) is 4.16. The molecule has 0 radical (unpaired) electrons. The number of nitrogens with one attached hydrogen (secondary N) is 1. The molecule has 1 heterocycles. The Kier molecular flexibility index (Phi) is 4.50. The van der Waals surface area contributed by atoms with E-state index in [0.29, 0.717) is 0 Å². The van der Waals surface area contributed by atoms with Crippen molar-refractivity contribution < 1.29 is 0 Å². The number of piperidine rings is 1. The summed E-state index contributed by atoms with van der Waals surface area (Å²) in [5.74, 6) is 0.945. The normalized spacial score (nSPS) is 18.8. The summed E-state index contributed by atoms with van der Waals surface area (Å²) in [6.45, 7) is 4.55. The average Bonchev–Trinajstić information content (AvgIpc) is 2.18. The van der Waals surface area contributed by atoms with Crippen molar-refractivity contribution in [3.63, 3.8) is 0 Å². The molecule has 0 amide bonds. The molecular weight excluding hydrogens is 180 g/mol. The number of thiocarbonyl (C=S) groups is 1. The zero-order chi connectivity index (χ0) is 9.68. The monoisotopic (exact) mass is 200 g/mol. The average molecular weight is 200 g/mol. The lowest BCUT2D eigenvalue weighted by Crippen LogP contribution is -2.42. The van der Waals surface area contributed by atoms with Gasteiger partial charge in [-0.05, 0) is 31.0 Å². The third-order valence-electron chi connectivity index (χ3n) is 2.81. The Labute approximate surface area is 86.7 Å². The fraction of sp³-hybridized carbons (Fsp3) is 0.900. The molecule has 1 fully saturated rings. The van der Waals surface area contributed by atoms with Crippen molar-refractivity contribution in [3.05, 3.63) is 0 Å². The maximum Gasteiger partial charge on any atom is 0.168 e. The van der Waals surface area contributed by atoms with Gasteiger partial charge in [-0.2, -0.15) is 0 Å². The van der Waals surface area contributed by atoms with Crippen LogP contribution in [-0.2, 0) is 0 Å². The van der Waals surface area contributed by atoms with Gasteiger partial charge in [-0.15, -0.1) is 0 Å². The topological polar surface area (TPSA) is 15.3 Å². The van der Waals surface area contributed by atoms with Crippen LogP contribution in [0.1, 0.15) is 32.6 Å². The molecule has 1 saturated heterocycles. The first-order valence-electron chi connectivity index (χ1n) is 5.24. The highest BCUT2D eigenvalue weighted by atomic mass is 32.1. The summed E-state index contributed by atoms with van der Waals surface area (Å²) in [5.41, 5.74) is 0. The van der Waals surface area contributed by atoms with Crippen molar-refractivity contribution >= 4 is 17.3 Å². The molecule has 0 aromatic rings. The molecule has 1 aliphatic heterocycles. The van der Waals surface area contributed by atoms with E-state index < -0.39 is 0 Å². The fourth-order valence-corrected chi connectivity index (χ4v) is 2.17. The summed E-state index contributed by atoms with van der Waals surface area (Å²) in [6.07, 6.45) is 5.34. The van der Waals surface area contributed by atoms with E-state index in [1.807, 2.05) is 7.05 Å². The second kappa shape index (κ2) is 5.43. The van der Waals surface area contributed by atoms with E-state index in [1.54, 1.807) is 0 Å². The lowest BCUT2D eigenvalue weighted by atomic mass is 9.93. The molecule has 2 nitrogen and oxygen atoms in total. The lowest BCUT2D eigenvalue weighted by molar-refractivity contribution is 0.254. The summed E-state index contributed by atoms with van der Waals surface area (Å²) < 4.78 is 0. The third-order valence-corrected chi connectivity index (χ3v) is 3.27. The molecule has 0 saturated carbocycles. The van der Waals surface area contributed by atoms with Crippen LogP contribution in [0.2, 0.25) is 0 Å². The van der Waals surface area contributed by atoms with Gasteiger partial charge < -0.3 is 10.2 Å². The van der Waals surface area contributed by atoms with Crippen LogP contribution in [0.5, 0.6) is 0 Å². The number of hydrogen-bond donors (Lipinski definition) is 1. The van der Waals surface area contributed by atoms with Gasteiger partial charge in [-0.3, -0.25) is 0 Å². The number of rotatable bonds is 2. The van der Waals surface area contributed by atoms with Crippen molar-refractivity contribution in [2.75, 3.05) is 20.1 Å². The van der Waals surface area contributed by atoms with Crippen molar-refractivity contribution in [2.24, 2.45) is 5.92 Å². The van der Waals surface area contributed by atoms with E-state index >= 15 is 0 Å². The molecule has 0 unspecified atom stereocenters. The number of likely N-dealkylation sites (tertiary alicyclic amines) is 1. The third kappa shape index (κ3) is 3.14. The van der Waals surface area contributed by atoms with E-state index in [9.17, 15) is 0 Å². The van der Waals surface area contributed by atoms with Crippen LogP contribution in [0.25, 0.3) is 0 Å². The first-order chi connectivity index (χ1) is 6.27. The quantitative estimate of drug-likeness (QED) is 0.686. The van der Waals surface area contributed by atoms with Gasteiger partial charge in [-0.1, -0.05) is 19.8 Å². The van der Waals surface area contributed by atoms with Gasteiger partial charge in [0.1, 0.15) is 0 Å². The summed E-state index contributed by atoms with van der Waals surface area (Å²) in [7, 11) is 1.90. The summed E-state index contributed by atoms with van der Waals surface area (Å²) in [4.78, 5) is 2.28. The molecule has 76 valence electrons. The van der Waals surface area contributed by atoms with Gasteiger partial charge >= 0.3 is 0 Å². The smallest absolute Gasteiger partial charge is 0.168 e. The number of hydrogen-bond acceptors (Lipinski definition) is 1. The Morgan fingerprint density at radius 1 is 1.46 bits per heavy atom. The molecule has 1 rings (SSSR count). The minimum atomic E-state index is 0.912. The highest BCUT2D eigenvalue weighted by molar-refractivity contribution is 7.80. The largest absolute Gasteiger partial charge is 0.366 e. The molecule has 0 bridgehead atoms. The minimum absolute atomic E-state index is 0.912. The highest BCUT2D eigenvalue weighted by Gasteiger charge is 2.19. The van der Waals surface area contributed by atoms with Crippen LogP contribution in [0.15, 0.2) is 0 Å². The molecule has 0 spiro atoms. The van der Waals surface area contributed by atoms with Crippen molar-refractivity contribution in [3.8, 4) is 0 Å². The Morgan fingerprint density at radius 2 is 2.08 bits per heavy atom. The fourth-order valence-electron chi connectivity index (χ4n) is 1.99. The van der Waals surface area contributed by atoms with E-state index in [2.05, 4.69) is 17.1 Å². The SMILES string of the molecule is CCCC1CCN(C(=S)NC)CC1. The van der Waals surface area contributed by atoms with Crippen molar-refractivity contribution in [1.29, 1.82) is 0 Å². The van der Waals surface area contributed by atoms with Crippen molar-refractivity contribution in [1.82, 2.24) is 10.2 Å². The van der Waals surface area contributed by atoms with Crippen LogP contribution in [0.3, 0.4) is 0 Å². The molecule has 3 heteroatoms. The van der Waals surface area contributed by atoms with E-state index in [4.69, 9.17) is 12.2 Å². The van der Waals surface area contributed by atoms with Gasteiger partial charge in [0.2, 0.25) is 0 Å². The standard InChI is InChI=1S/C10H20N2S/c1-3-4-9-5-7-12(8-6-9)10(13)11-2/h9H,3-8H2,1-2H3,(H,11,13). The molecule has 13 heavy (non-hydrogen) atoms. The van der Waals surface area contributed by atoms with Crippen LogP contribution < -0.4 is 5.32 Å². The summed E-state index contributed by atoms with van der Waals surface area (Å²) >= 11 is 5.19. The zero-order valence-electron chi connectivity index (χ0n) is 8.68. The summed E-state index contributed by atoms with van der Waals surface area (Å²) in [5, 5.41) is 3.95. The maximum absolute atomic E-state index is 5.19. The molecular formula is C10H20N2S. The van der Waals surface area contributed by atoms with E-state index in [1.165, 1.54) is 25.7 Å². The molecule has 1 N–H and O–H groups in total. The minimum Gasteiger partial charge on any atom is -0.366 e. The van der Waals surface area contributed by atoms with Crippen molar-refractivity contribution in [2.45, 2.75) is 32.6 Å². The first kappa shape index (κ1) is 10.8. The van der Waals surface area contributed by atoms with Gasteiger partial charge in [0.15, 0.2) is 5.11 Å². The predicted octanol–water partition coefficient (Wildman–Crippen LogP) is 2.00. The molecule has 1 aliphatic rings. The number of nitrogens with zero attached hydrogens (tertiary/aromatic N) is 1. The van der Waals surface area contributed by atoms with Gasteiger partial charge in [0, 0.05) is 20.1 Å². The Hall–Kier alpha value is -0.310. The van der Waals surface area contributed by atoms with Crippen LogP contribution in [-0.4, -0.2) is 30.1 Å². The lowest BCUT2D eigenvalue weighted by Gasteiger charge is -2.33. The van der Waals surface area contributed by atoms with Gasteiger partial charge in [-0.25, -0.2) is 0 Å². The molecule has 0 aliphatic carbocycles. The first-order valence-corrected chi connectivity index (χ1v) is 5.65. The Balaban J connectivity index is 2.26. The molecule has 0 aromatic heterocycles. The molecule has 0 aromatic carbocycles. The van der Waals surface area contributed by atoms with Crippen LogP contribution in [0.4, 0.5) is 0 Å². The highest BCUT2D eigenvalue weighted by Crippen LogP contribution is 2.21. The molecule has 0 atom stereocenters. The van der Waals surface area contributed by atoms with Gasteiger partial charge in [0.25, 0.3) is 0 Å². The Morgan fingerprint density at radius 3 is 2.54 bits per heavy atom. The van der Waals surface area contributed by atoms with E-state index in [0.717, 1.165) is 24.1 Å².